The topological polar surface area (TPSA) is 45.2 Å². The van der Waals surface area contributed by atoms with E-state index in [1.165, 1.54) is 12.1 Å². The quantitative estimate of drug-likeness (QED) is 0.856. The van der Waals surface area contributed by atoms with Gasteiger partial charge in [0.1, 0.15) is 12.1 Å². The molecule has 3 fully saturated rings. The van der Waals surface area contributed by atoms with Crippen LogP contribution in [0.4, 0.5) is 5.82 Å². The molecule has 0 spiro atoms. The zero-order valence-corrected chi connectivity index (χ0v) is 12.2. The van der Waals surface area contributed by atoms with Crippen molar-refractivity contribution in [1.82, 2.24) is 19.9 Å². The minimum absolute atomic E-state index is 0.587. The van der Waals surface area contributed by atoms with Crippen LogP contribution in [0, 0.1) is 6.92 Å². The van der Waals surface area contributed by atoms with Crippen LogP contribution in [-0.4, -0.2) is 45.0 Å². The minimum Gasteiger partial charge on any atom is -0.348 e. The molecule has 2 bridgehead atoms. The van der Waals surface area contributed by atoms with Gasteiger partial charge in [-0.1, -0.05) is 6.07 Å². The molecule has 2 aromatic rings. The fourth-order valence-corrected chi connectivity index (χ4v) is 3.55. The summed E-state index contributed by atoms with van der Waals surface area (Å²) in [5.74, 6) is 1.07. The molecule has 108 valence electrons. The van der Waals surface area contributed by atoms with Crippen molar-refractivity contribution in [1.29, 1.82) is 0 Å². The highest BCUT2D eigenvalue weighted by Gasteiger charge is 2.45. The van der Waals surface area contributed by atoms with Crippen molar-refractivity contribution in [2.24, 2.45) is 0 Å². The number of anilines is 1. The van der Waals surface area contributed by atoms with Crippen LogP contribution < -0.4 is 4.90 Å². The lowest BCUT2D eigenvalue weighted by molar-refractivity contribution is 0.106. The van der Waals surface area contributed by atoms with E-state index in [9.17, 15) is 0 Å². The Morgan fingerprint density at radius 3 is 2.76 bits per heavy atom. The molecule has 2 unspecified atom stereocenters. The molecule has 5 rings (SSSR count). The van der Waals surface area contributed by atoms with Crippen molar-refractivity contribution >= 4 is 5.82 Å². The van der Waals surface area contributed by atoms with Gasteiger partial charge in [0, 0.05) is 43.6 Å². The third-order valence-electron chi connectivity index (χ3n) is 4.43. The first kappa shape index (κ1) is 12.7. The van der Waals surface area contributed by atoms with E-state index < -0.39 is 0 Å². The molecule has 3 aliphatic heterocycles. The minimum atomic E-state index is 0.587. The lowest BCUT2D eigenvalue weighted by Gasteiger charge is -2.57. The summed E-state index contributed by atoms with van der Waals surface area (Å²) >= 11 is 0. The van der Waals surface area contributed by atoms with Crippen LogP contribution in [0.3, 0.4) is 0 Å². The largest absolute Gasteiger partial charge is 0.348 e. The zero-order valence-electron chi connectivity index (χ0n) is 12.2. The number of fused-ring (bicyclic) bond motifs is 2. The zero-order chi connectivity index (χ0) is 14.2. The summed E-state index contributed by atoms with van der Waals surface area (Å²) in [5, 5.41) is 0. The Labute approximate surface area is 124 Å². The standard InChI is InChI=1S/C16H19N5/c1-12-3-2-4-13(19-12)8-20-9-14-7-15(10-20)21(14)16-5-6-17-11-18-16/h2-6,11,14-15H,7-10H2,1H3. The Hall–Kier alpha value is -2.01. The number of nitrogens with zero attached hydrogens (tertiary/aromatic N) is 5. The number of hydrogen-bond donors (Lipinski definition) is 0. The summed E-state index contributed by atoms with van der Waals surface area (Å²) in [5.41, 5.74) is 2.27. The number of hydrogen-bond acceptors (Lipinski definition) is 5. The maximum absolute atomic E-state index is 4.61. The van der Waals surface area contributed by atoms with Crippen LogP contribution in [-0.2, 0) is 6.54 Å². The predicted octanol–water partition coefficient (Wildman–Crippen LogP) is 1.64. The van der Waals surface area contributed by atoms with E-state index in [0.717, 1.165) is 31.1 Å². The van der Waals surface area contributed by atoms with Gasteiger partial charge in [0.2, 0.25) is 0 Å². The number of aromatic nitrogens is 3. The van der Waals surface area contributed by atoms with Gasteiger partial charge in [-0.25, -0.2) is 9.97 Å². The van der Waals surface area contributed by atoms with E-state index in [2.05, 4.69) is 36.9 Å². The summed E-state index contributed by atoms with van der Waals surface area (Å²) in [7, 11) is 0. The number of piperazine rings is 1. The van der Waals surface area contributed by atoms with Gasteiger partial charge in [-0.3, -0.25) is 9.88 Å². The Morgan fingerprint density at radius 1 is 1.19 bits per heavy atom. The molecule has 5 nitrogen and oxygen atoms in total. The smallest absolute Gasteiger partial charge is 0.132 e. The molecule has 0 N–H and O–H groups in total. The van der Waals surface area contributed by atoms with Gasteiger partial charge in [0.05, 0.1) is 5.69 Å². The maximum atomic E-state index is 4.61. The van der Waals surface area contributed by atoms with Gasteiger partial charge in [-0.2, -0.15) is 0 Å². The summed E-state index contributed by atoms with van der Waals surface area (Å²) in [6.45, 7) is 5.19. The molecule has 0 amide bonds. The normalized spacial score (nSPS) is 24.7. The average Bonchev–Trinajstić information content (AvgIpc) is 2.48. The van der Waals surface area contributed by atoms with Crippen molar-refractivity contribution in [3.8, 4) is 0 Å². The van der Waals surface area contributed by atoms with Crippen LogP contribution in [0.1, 0.15) is 17.8 Å². The monoisotopic (exact) mass is 281 g/mol. The van der Waals surface area contributed by atoms with Crippen molar-refractivity contribution in [3.05, 3.63) is 48.2 Å². The van der Waals surface area contributed by atoms with Crippen molar-refractivity contribution < 1.29 is 0 Å². The van der Waals surface area contributed by atoms with Crippen molar-refractivity contribution in [2.45, 2.75) is 32.0 Å². The van der Waals surface area contributed by atoms with Gasteiger partial charge >= 0.3 is 0 Å². The predicted molar refractivity (Wildman–Crippen MR) is 81.0 cm³/mol. The van der Waals surface area contributed by atoms with Crippen molar-refractivity contribution in [2.75, 3.05) is 18.0 Å². The van der Waals surface area contributed by atoms with E-state index in [4.69, 9.17) is 0 Å². The Bertz CT molecular complexity index is 618. The highest BCUT2D eigenvalue weighted by Crippen LogP contribution is 2.35. The summed E-state index contributed by atoms with van der Waals surface area (Å²) in [6, 6.07) is 9.45. The number of aryl methyl sites for hydroxylation is 1. The van der Waals surface area contributed by atoms with Crippen LogP contribution in [0.5, 0.6) is 0 Å². The Kier molecular flexibility index (Phi) is 3.07. The number of piperidine rings is 1. The van der Waals surface area contributed by atoms with Gasteiger partial charge < -0.3 is 4.90 Å². The maximum Gasteiger partial charge on any atom is 0.132 e. The lowest BCUT2D eigenvalue weighted by atomic mass is 9.87. The molecule has 21 heavy (non-hydrogen) atoms. The van der Waals surface area contributed by atoms with E-state index >= 15 is 0 Å². The molecule has 3 saturated heterocycles. The van der Waals surface area contributed by atoms with E-state index in [0.29, 0.717) is 12.1 Å². The molecule has 2 atom stereocenters. The molecule has 0 saturated carbocycles. The van der Waals surface area contributed by atoms with Crippen LogP contribution in [0.15, 0.2) is 36.8 Å². The average molecular weight is 281 g/mol. The lowest BCUT2D eigenvalue weighted by Crippen LogP contribution is -2.69. The summed E-state index contributed by atoms with van der Waals surface area (Å²) < 4.78 is 0. The second-order valence-electron chi connectivity index (χ2n) is 5.98. The van der Waals surface area contributed by atoms with Gasteiger partial charge in [-0.05, 0) is 31.5 Å². The summed E-state index contributed by atoms with van der Waals surface area (Å²) in [6.07, 6.45) is 4.74. The number of rotatable bonds is 3. The molecule has 0 aromatic carbocycles. The second kappa shape index (κ2) is 5.07. The highest BCUT2D eigenvalue weighted by molar-refractivity contribution is 5.45. The molecule has 2 aromatic heterocycles. The first-order chi connectivity index (χ1) is 10.3. The fraction of sp³-hybridized carbons (Fsp3) is 0.438. The fourth-order valence-electron chi connectivity index (χ4n) is 3.55. The van der Waals surface area contributed by atoms with E-state index in [-0.39, 0.29) is 0 Å². The van der Waals surface area contributed by atoms with Crippen molar-refractivity contribution in [3.63, 3.8) is 0 Å². The molecule has 5 heterocycles. The van der Waals surface area contributed by atoms with Gasteiger partial charge in [-0.15, -0.1) is 0 Å². The third kappa shape index (κ3) is 2.38. The van der Waals surface area contributed by atoms with E-state index in [1.54, 1.807) is 6.33 Å². The van der Waals surface area contributed by atoms with Gasteiger partial charge in [0.15, 0.2) is 0 Å². The molecule has 5 heteroatoms. The van der Waals surface area contributed by atoms with E-state index in [1.807, 2.05) is 25.3 Å². The van der Waals surface area contributed by atoms with Crippen LogP contribution in [0.25, 0.3) is 0 Å². The molecule has 0 aliphatic carbocycles. The van der Waals surface area contributed by atoms with Gasteiger partial charge in [0.25, 0.3) is 0 Å². The summed E-state index contributed by atoms with van der Waals surface area (Å²) in [4.78, 5) is 18.0. The Morgan fingerprint density at radius 2 is 2.05 bits per heavy atom. The first-order valence-electron chi connectivity index (χ1n) is 7.49. The van der Waals surface area contributed by atoms with Crippen LogP contribution in [0.2, 0.25) is 0 Å². The highest BCUT2D eigenvalue weighted by atomic mass is 15.4. The molecular weight excluding hydrogens is 262 g/mol. The second-order valence-corrected chi connectivity index (χ2v) is 5.98. The molecule has 0 radical (unpaired) electrons. The SMILES string of the molecule is Cc1cccc(CN2CC3CC(C2)N3c2ccncn2)n1. The van der Waals surface area contributed by atoms with Crippen LogP contribution >= 0.6 is 0 Å². The number of pyridine rings is 1. The first-order valence-corrected chi connectivity index (χ1v) is 7.49. The third-order valence-corrected chi connectivity index (χ3v) is 4.43. The Balaban J connectivity index is 1.43. The molecule has 3 aliphatic rings. The molecular formula is C16H19N5.